The normalized spacial score (nSPS) is 20.3. The number of nitrogens with zero attached hydrogens (tertiary/aromatic N) is 1. The Labute approximate surface area is 112 Å². The SMILES string of the molecule is CC(C)(C)OC(=O)N1CCC(C)(OC(O)(O)O)CC1. The molecule has 7 nitrogen and oxygen atoms in total. The number of carbonyl (C=O) groups excluding carboxylic acids is 1. The first kappa shape index (κ1) is 16.2. The largest absolute Gasteiger partial charge is 0.444 e. The minimum Gasteiger partial charge on any atom is -0.444 e. The predicted octanol–water partition coefficient (Wildman–Crippen LogP) is 0.381. The first-order chi connectivity index (χ1) is 8.40. The first-order valence-corrected chi connectivity index (χ1v) is 6.25. The second-order valence-corrected chi connectivity index (χ2v) is 6.09. The number of piperidine rings is 1. The lowest BCUT2D eigenvalue weighted by molar-refractivity contribution is -0.480. The molecule has 0 saturated carbocycles. The van der Waals surface area contributed by atoms with Crippen LogP contribution in [0.1, 0.15) is 40.5 Å². The quantitative estimate of drug-likeness (QED) is 0.631. The van der Waals surface area contributed by atoms with E-state index in [4.69, 9.17) is 24.8 Å². The van der Waals surface area contributed by atoms with Gasteiger partial charge in [-0.2, -0.15) is 0 Å². The van der Waals surface area contributed by atoms with Crippen LogP contribution in [0, 0.1) is 0 Å². The van der Waals surface area contributed by atoms with Crippen molar-refractivity contribution in [2.75, 3.05) is 13.1 Å². The molecule has 0 aromatic rings. The van der Waals surface area contributed by atoms with Crippen molar-refractivity contribution in [3.63, 3.8) is 0 Å². The fraction of sp³-hybridized carbons (Fsp3) is 0.917. The van der Waals surface area contributed by atoms with Gasteiger partial charge in [0.15, 0.2) is 0 Å². The third-order valence-electron chi connectivity index (χ3n) is 2.86. The van der Waals surface area contributed by atoms with Gasteiger partial charge in [-0.3, -0.25) is 4.74 Å². The average Bonchev–Trinajstić information content (AvgIpc) is 2.11. The molecule has 1 saturated heterocycles. The summed E-state index contributed by atoms with van der Waals surface area (Å²) in [6.07, 6.45) is -2.81. The fourth-order valence-corrected chi connectivity index (χ4v) is 1.92. The molecule has 0 aromatic heterocycles. The Balaban J connectivity index is 2.51. The maximum absolute atomic E-state index is 11.8. The summed E-state index contributed by atoms with van der Waals surface area (Å²) < 4.78 is 10.0. The van der Waals surface area contributed by atoms with E-state index in [-0.39, 0.29) is 0 Å². The van der Waals surface area contributed by atoms with Crippen molar-refractivity contribution < 1.29 is 29.6 Å². The number of amides is 1. The number of likely N-dealkylation sites (tertiary alicyclic amines) is 1. The van der Waals surface area contributed by atoms with Crippen molar-refractivity contribution in [3.05, 3.63) is 0 Å². The van der Waals surface area contributed by atoms with Crippen LogP contribution >= 0.6 is 0 Å². The Morgan fingerprint density at radius 2 is 1.63 bits per heavy atom. The van der Waals surface area contributed by atoms with Crippen molar-refractivity contribution in [1.82, 2.24) is 4.90 Å². The molecule has 112 valence electrons. The highest BCUT2D eigenvalue weighted by Gasteiger charge is 2.39. The summed E-state index contributed by atoms with van der Waals surface area (Å²) in [5.74, 6) is 0. The number of aliphatic hydroxyl groups is 3. The summed E-state index contributed by atoms with van der Waals surface area (Å²) in [4.78, 5) is 13.4. The van der Waals surface area contributed by atoms with Crippen LogP contribution in [0.4, 0.5) is 4.79 Å². The van der Waals surface area contributed by atoms with Crippen molar-refractivity contribution >= 4 is 6.09 Å². The van der Waals surface area contributed by atoms with Gasteiger partial charge in [0.05, 0.1) is 5.60 Å². The molecule has 1 fully saturated rings. The Morgan fingerprint density at radius 3 is 2.00 bits per heavy atom. The van der Waals surface area contributed by atoms with Crippen molar-refractivity contribution in [2.24, 2.45) is 0 Å². The van der Waals surface area contributed by atoms with Crippen LogP contribution < -0.4 is 0 Å². The highest BCUT2D eigenvalue weighted by Crippen LogP contribution is 2.29. The molecule has 0 bridgehead atoms. The molecule has 1 amide bonds. The molecule has 19 heavy (non-hydrogen) atoms. The van der Waals surface area contributed by atoms with Gasteiger partial charge < -0.3 is 25.0 Å². The van der Waals surface area contributed by atoms with E-state index < -0.39 is 23.5 Å². The molecule has 0 atom stereocenters. The second-order valence-electron chi connectivity index (χ2n) is 6.09. The molecule has 0 aromatic carbocycles. The zero-order chi connectivity index (χ0) is 14.9. The lowest BCUT2D eigenvalue weighted by Gasteiger charge is -2.40. The summed E-state index contributed by atoms with van der Waals surface area (Å²) in [6, 6.07) is 0. The van der Waals surface area contributed by atoms with Gasteiger partial charge in [0.2, 0.25) is 0 Å². The average molecular weight is 277 g/mol. The zero-order valence-electron chi connectivity index (χ0n) is 11.8. The maximum Gasteiger partial charge on any atom is 0.410 e. The monoisotopic (exact) mass is 277 g/mol. The molecule has 0 spiro atoms. The van der Waals surface area contributed by atoms with Crippen LogP contribution in [0.2, 0.25) is 0 Å². The van der Waals surface area contributed by atoms with Crippen LogP contribution in [-0.2, 0) is 9.47 Å². The molecule has 7 heteroatoms. The Kier molecular flexibility index (Phi) is 4.46. The Hall–Kier alpha value is -0.890. The van der Waals surface area contributed by atoms with Crippen LogP contribution in [0.15, 0.2) is 0 Å². The van der Waals surface area contributed by atoms with E-state index in [1.807, 2.05) is 0 Å². The molecule has 1 aliphatic heterocycles. The zero-order valence-corrected chi connectivity index (χ0v) is 11.8. The number of hydrogen-bond donors (Lipinski definition) is 3. The van der Waals surface area contributed by atoms with Crippen LogP contribution in [0.3, 0.4) is 0 Å². The molecule has 0 aliphatic carbocycles. The third-order valence-corrected chi connectivity index (χ3v) is 2.86. The van der Waals surface area contributed by atoms with Crippen molar-refractivity contribution in [3.8, 4) is 0 Å². The standard InChI is InChI=1S/C12H23NO6/c1-10(2,3)18-9(14)13-7-5-11(4,6-8-13)19-12(15,16)17/h15-17H,5-8H2,1-4H3. The molecule has 3 N–H and O–H groups in total. The van der Waals surface area contributed by atoms with E-state index in [1.165, 1.54) is 4.90 Å². The molecule has 1 aliphatic rings. The lowest BCUT2D eigenvalue weighted by atomic mass is 9.93. The molecule has 0 radical (unpaired) electrons. The minimum absolute atomic E-state index is 0.363. The Morgan fingerprint density at radius 1 is 1.16 bits per heavy atom. The maximum atomic E-state index is 11.8. The molecular formula is C12H23NO6. The first-order valence-electron chi connectivity index (χ1n) is 6.25. The predicted molar refractivity (Wildman–Crippen MR) is 65.9 cm³/mol. The van der Waals surface area contributed by atoms with Gasteiger partial charge in [-0.25, -0.2) is 4.79 Å². The number of ether oxygens (including phenoxy) is 2. The summed E-state index contributed by atoms with van der Waals surface area (Å²) in [5, 5.41) is 26.5. The van der Waals surface area contributed by atoms with Gasteiger partial charge in [0, 0.05) is 13.1 Å². The topological polar surface area (TPSA) is 99.5 Å². The van der Waals surface area contributed by atoms with Gasteiger partial charge in [-0.05, 0) is 40.5 Å². The minimum atomic E-state index is -3.15. The highest BCUT2D eigenvalue weighted by molar-refractivity contribution is 5.68. The summed E-state index contributed by atoms with van der Waals surface area (Å²) in [6.45, 7) is 7.75. The van der Waals surface area contributed by atoms with Gasteiger partial charge >= 0.3 is 12.3 Å². The fourth-order valence-electron chi connectivity index (χ4n) is 1.92. The van der Waals surface area contributed by atoms with E-state index in [9.17, 15) is 4.79 Å². The summed E-state index contributed by atoms with van der Waals surface area (Å²) >= 11 is 0. The number of hydrogen-bond acceptors (Lipinski definition) is 6. The van der Waals surface area contributed by atoms with E-state index in [2.05, 4.69) is 0 Å². The second kappa shape index (κ2) is 5.24. The summed E-state index contributed by atoms with van der Waals surface area (Å²) in [5.41, 5.74) is -1.44. The number of rotatable bonds is 2. The number of carbonyl (C=O) groups is 1. The van der Waals surface area contributed by atoms with Crippen LogP contribution in [0.25, 0.3) is 0 Å². The lowest BCUT2D eigenvalue weighted by Crippen LogP contribution is -2.51. The van der Waals surface area contributed by atoms with Crippen LogP contribution in [0.5, 0.6) is 0 Å². The van der Waals surface area contributed by atoms with E-state index in [0.29, 0.717) is 25.9 Å². The van der Waals surface area contributed by atoms with E-state index in [0.717, 1.165) is 0 Å². The van der Waals surface area contributed by atoms with Gasteiger partial charge in [-0.15, -0.1) is 0 Å². The van der Waals surface area contributed by atoms with Crippen LogP contribution in [-0.4, -0.2) is 56.8 Å². The summed E-state index contributed by atoms with van der Waals surface area (Å²) in [7, 11) is 0. The van der Waals surface area contributed by atoms with Crippen molar-refractivity contribution in [1.29, 1.82) is 0 Å². The highest BCUT2D eigenvalue weighted by atomic mass is 16.9. The van der Waals surface area contributed by atoms with Crippen molar-refractivity contribution in [2.45, 2.75) is 57.9 Å². The van der Waals surface area contributed by atoms with Gasteiger partial charge in [-0.1, -0.05) is 0 Å². The molecule has 1 rings (SSSR count). The Bertz CT molecular complexity index is 322. The smallest absolute Gasteiger partial charge is 0.410 e. The van der Waals surface area contributed by atoms with E-state index >= 15 is 0 Å². The van der Waals surface area contributed by atoms with Gasteiger partial charge in [0.25, 0.3) is 0 Å². The molecule has 1 heterocycles. The third kappa shape index (κ3) is 5.73. The van der Waals surface area contributed by atoms with E-state index in [1.54, 1.807) is 27.7 Å². The molecular weight excluding hydrogens is 254 g/mol. The molecule has 0 unspecified atom stereocenters. The van der Waals surface area contributed by atoms with Gasteiger partial charge in [0.1, 0.15) is 5.60 Å².